The second-order valence-corrected chi connectivity index (χ2v) is 9.17. The number of unbranched alkanes of at least 4 members (excludes halogenated alkanes) is 3. The van der Waals surface area contributed by atoms with Crippen LogP contribution in [-0.2, 0) is 28.6 Å². The van der Waals surface area contributed by atoms with Crippen molar-refractivity contribution in [2.24, 2.45) is 11.8 Å². The molecule has 0 unspecified atom stereocenters. The number of rotatable bonds is 9. The van der Waals surface area contributed by atoms with E-state index in [2.05, 4.69) is 6.92 Å². The number of carbonyl (C=O) groups is 3. The third kappa shape index (κ3) is 8.39. The average Bonchev–Trinajstić information content (AvgIpc) is 2.75. The van der Waals surface area contributed by atoms with Crippen molar-refractivity contribution in [3.8, 4) is 0 Å². The van der Waals surface area contributed by atoms with E-state index in [1.54, 1.807) is 0 Å². The monoisotopic (exact) mass is 472 g/mol. The first-order valence-corrected chi connectivity index (χ1v) is 11.7. The van der Waals surface area contributed by atoms with Gasteiger partial charge >= 0.3 is 17.9 Å². The Morgan fingerprint density at radius 2 is 1.82 bits per heavy atom. The molecule has 190 valence electrons. The van der Waals surface area contributed by atoms with Gasteiger partial charge in [-0.3, -0.25) is 9.59 Å². The van der Waals surface area contributed by atoms with Gasteiger partial charge < -0.3 is 29.5 Å². The van der Waals surface area contributed by atoms with Crippen LogP contribution >= 0.6 is 0 Å². The minimum absolute atomic E-state index is 0.522. The topological polar surface area (TPSA) is 140 Å². The highest BCUT2D eigenvalue weighted by atomic mass is 16.6. The average molecular weight is 473 g/mol. The first-order chi connectivity index (χ1) is 15.3. The van der Waals surface area contributed by atoms with Gasteiger partial charge in [0.05, 0.1) is 18.1 Å². The molecule has 0 radical (unpaired) electrons. The van der Waals surface area contributed by atoms with Crippen molar-refractivity contribution in [3.05, 3.63) is 12.2 Å². The van der Waals surface area contributed by atoms with Gasteiger partial charge in [0, 0.05) is 18.9 Å². The summed E-state index contributed by atoms with van der Waals surface area (Å²) < 4.78 is 16.1. The number of hydrogen-bond donors (Lipinski definition) is 3. The number of aliphatic hydroxyl groups is 3. The van der Waals surface area contributed by atoms with Gasteiger partial charge in [0.1, 0.15) is 23.9 Å². The molecule has 0 aliphatic carbocycles. The van der Waals surface area contributed by atoms with Crippen LogP contribution < -0.4 is 0 Å². The minimum atomic E-state index is -2.03. The molecule has 1 aliphatic rings. The molecule has 1 fully saturated rings. The van der Waals surface area contributed by atoms with E-state index in [0.29, 0.717) is 6.42 Å². The van der Waals surface area contributed by atoms with Crippen LogP contribution in [-0.4, -0.2) is 69.3 Å². The van der Waals surface area contributed by atoms with Crippen LogP contribution in [0.5, 0.6) is 0 Å². The lowest BCUT2D eigenvalue weighted by Crippen LogP contribution is -2.58. The molecule has 3 N–H and O–H groups in total. The Bertz CT molecular complexity index is 687. The molecule has 1 heterocycles. The van der Waals surface area contributed by atoms with Crippen LogP contribution in [0.15, 0.2) is 12.2 Å². The molecule has 9 nitrogen and oxygen atoms in total. The van der Waals surface area contributed by atoms with E-state index in [0.717, 1.165) is 38.7 Å². The van der Waals surface area contributed by atoms with Crippen LogP contribution in [0.4, 0.5) is 0 Å². The molecule has 0 aromatic rings. The molecule has 0 spiro atoms. The summed E-state index contributed by atoms with van der Waals surface area (Å²) in [5.41, 5.74) is -2.03. The van der Waals surface area contributed by atoms with Crippen molar-refractivity contribution >= 4 is 17.9 Å². The lowest BCUT2D eigenvalue weighted by molar-refractivity contribution is -0.198. The third-order valence-electron chi connectivity index (χ3n) is 6.13. The summed E-state index contributed by atoms with van der Waals surface area (Å²) in [6, 6.07) is 0. The maximum atomic E-state index is 12.6. The van der Waals surface area contributed by atoms with E-state index in [9.17, 15) is 29.7 Å². The highest BCUT2D eigenvalue weighted by Crippen LogP contribution is 2.34. The van der Waals surface area contributed by atoms with Gasteiger partial charge in [-0.2, -0.15) is 0 Å². The van der Waals surface area contributed by atoms with Crippen molar-refractivity contribution in [2.75, 3.05) is 0 Å². The molecule has 1 saturated heterocycles. The minimum Gasteiger partial charge on any atom is -0.458 e. The Balaban J connectivity index is 3.01. The van der Waals surface area contributed by atoms with Gasteiger partial charge in [-0.05, 0) is 33.3 Å². The molecular formula is C24H40O9. The lowest BCUT2D eigenvalue weighted by Gasteiger charge is -2.40. The maximum absolute atomic E-state index is 12.6. The van der Waals surface area contributed by atoms with Gasteiger partial charge in [0.15, 0.2) is 0 Å². The van der Waals surface area contributed by atoms with E-state index in [1.807, 2.05) is 0 Å². The molecule has 0 bridgehead atoms. The molecule has 0 saturated carbocycles. The first kappa shape index (κ1) is 29.1. The smallest absolute Gasteiger partial charge is 0.330 e. The highest BCUT2D eigenvalue weighted by molar-refractivity contribution is 5.82. The fourth-order valence-corrected chi connectivity index (χ4v) is 4.14. The molecule has 33 heavy (non-hydrogen) atoms. The van der Waals surface area contributed by atoms with Gasteiger partial charge in [0.25, 0.3) is 0 Å². The Kier molecular flexibility index (Phi) is 11.5. The first-order valence-electron chi connectivity index (χ1n) is 11.7. The summed E-state index contributed by atoms with van der Waals surface area (Å²) in [6.07, 6.45) is 1.24. The van der Waals surface area contributed by atoms with Gasteiger partial charge in [-0.15, -0.1) is 0 Å². The van der Waals surface area contributed by atoms with Crippen molar-refractivity contribution < 1.29 is 43.9 Å². The van der Waals surface area contributed by atoms with E-state index in [4.69, 9.17) is 14.2 Å². The Labute approximate surface area is 196 Å². The van der Waals surface area contributed by atoms with Crippen molar-refractivity contribution in [2.45, 2.75) is 110 Å². The SMILES string of the molecule is CCCCCC[C@@H](O)C=CC(=O)O[C@@H]1[C@@H](C)[C@H](O)[C@@](C)(O)[C@H](OC(C)=O)[C@H](C)C(=O)O[C@H]1C. The molecule has 1 rings (SSSR count). The summed E-state index contributed by atoms with van der Waals surface area (Å²) in [4.78, 5) is 36.6. The van der Waals surface area contributed by atoms with Gasteiger partial charge in [0.2, 0.25) is 0 Å². The number of hydrogen-bond acceptors (Lipinski definition) is 9. The number of aliphatic hydroxyl groups excluding tert-OH is 2. The largest absolute Gasteiger partial charge is 0.458 e. The molecule has 0 aromatic heterocycles. The predicted octanol–water partition coefficient (Wildman–Crippen LogP) is 2.05. The van der Waals surface area contributed by atoms with Crippen molar-refractivity contribution in [3.63, 3.8) is 0 Å². The van der Waals surface area contributed by atoms with Crippen molar-refractivity contribution in [1.29, 1.82) is 0 Å². The summed E-state index contributed by atoms with van der Waals surface area (Å²) in [6.45, 7) is 8.96. The number of esters is 3. The highest BCUT2D eigenvalue weighted by Gasteiger charge is 2.52. The number of cyclic esters (lactones) is 1. The molecule has 0 amide bonds. The summed E-state index contributed by atoms with van der Waals surface area (Å²) in [5, 5.41) is 32.0. The Morgan fingerprint density at radius 1 is 1.18 bits per heavy atom. The molecule has 0 aromatic carbocycles. The fourth-order valence-electron chi connectivity index (χ4n) is 4.14. The molecular weight excluding hydrogens is 432 g/mol. The maximum Gasteiger partial charge on any atom is 0.330 e. The zero-order valence-electron chi connectivity index (χ0n) is 20.5. The number of ether oxygens (including phenoxy) is 3. The summed E-state index contributed by atoms with van der Waals surface area (Å²) >= 11 is 0. The van der Waals surface area contributed by atoms with Crippen LogP contribution in [0.3, 0.4) is 0 Å². The Hall–Kier alpha value is -1.97. The third-order valence-corrected chi connectivity index (χ3v) is 6.13. The van der Waals surface area contributed by atoms with Crippen LogP contribution in [0, 0.1) is 11.8 Å². The van der Waals surface area contributed by atoms with Crippen LogP contribution in [0.1, 0.15) is 73.6 Å². The predicted molar refractivity (Wildman–Crippen MR) is 120 cm³/mol. The fraction of sp³-hybridized carbons (Fsp3) is 0.792. The molecule has 1 aliphatic heterocycles. The van der Waals surface area contributed by atoms with E-state index in [1.165, 1.54) is 33.8 Å². The van der Waals surface area contributed by atoms with Gasteiger partial charge in [-0.25, -0.2) is 4.79 Å². The van der Waals surface area contributed by atoms with Crippen LogP contribution in [0.25, 0.3) is 0 Å². The second kappa shape index (κ2) is 13.1. The lowest BCUT2D eigenvalue weighted by atomic mass is 9.78. The summed E-state index contributed by atoms with van der Waals surface area (Å²) in [7, 11) is 0. The van der Waals surface area contributed by atoms with Gasteiger partial charge in [-0.1, -0.05) is 39.5 Å². The molecule has 9 heteroatoms. The van der Waals surface area contributed by atoms with Crippen LogP contribution in [0.2, 0.25) is 0 Å². The van der Waals surface area contributed by atoms with E-state index < -0.39 is 65.9 Å². The quantitative estimate of drug-likeness (QED) is 0.199. The zero-order chi connectivity index (χ0) is 25.3. The second-order valence-electron chi connectivity index (χ2n) is 9.17. The standard InChI is InChI=1S/C24H40O9/c1-7-8-9-10-11-18(26)12-13-19(27)33-20-14(2)21(28)24(6,30)22(32-17(5)25)15(3)23(29)31-16(20)4/h12-16,18,20-22,26,28,30H,7-11H2,1-6H3/t14-,15+,16+,18-,20-,21+,22-,24-/m1/s1. The summed E-state index contributed by atoms with van der Waals surface area (Å²) in [5.74, 6) is -4.24. The number of carbonyl (C=O) groups excluding carboxylic acids is 3. The zero-order valence-corrected chi connectivity index (χ0v) is 20.5. The normalized spacial score (nSPS) is 34.0. The Morgan fingerprint density at radius 3 is 2.39 bits per heavy atom. The van der Waals surface area contributed by atoms with E-state index in [-0.39, 0.29) is 0 Å². The molecule has 8 atom stereocenters. The van der Waals surface area contributed by atoms with E-state index >= 15 is 0 Å². The van der Waals surface area contributed by atoms with Crippen molar-refractivity contribution in [1.82, 2.24) is 0 Å².